The van der Waals surface area contributed by atoms with Crippen molar-refractivity contribution in [1.82, 2.24) is 5.32 Å². The van der Waals surface area contributed by atoms with E-state index >= 15 is 0 Å². The Balaban J connectivity index is 1.93. The molecule has 19 heavy (non-hydrogen) atoms. The molecule has 0 amide bonds. The monoisotopic (exact) mass is 252 g/mol. The summed E-state index contributed by atoms with van der Waals surface area (Å²) in [5.41, 5.74) is 2.65. The molecule has 1 aliphatic heterocycles. The Morgan fingerprint density at radius 3 is 2.00 bits per heavy atom. The van der Waals surface area contributed by atoms with Gasteiger partial charge in [0.25, 0.3) is 0 Å². The quantitative estimate of drug-likeness (QED) is 0.875. The summed E-state index contributed by atoms with van der Waals surface area (Å²) in [7, 11) is 0. The summed E-state index contributed by atoms with van der Waals surface area (Å²) < 4.78 is 0. The van der Waals surface area contributed by atoms with Crippen LogP contribution in [0.3, 0.4) is 0 Å². The first kappa shape index (κ1) is 12.2. The van der Waals surface area contributed by atoms with E-state index in [1.165, 1.54) is 11.3 Å². The normalized spacial score (nSPS) is 17.9. The Bertz CT molecular complexity index is 501. The Kier molecular flexibility index (Phi) is 3.51. The lowest BCUT2D eigenvalue weighted by Crippen LogP contribution is -2.45. The lowest BCUT2D eigenvalue weighted by atomic mass is 9.81. The van der Waals surface area contributed by atoms with Crippen LogP contribution in [-0.4, -0.2) is 13.1 Å². The van der Waals surface area contributed by atoms with Gasteiger partial charge in [-0.3, -0.25) is 0 Å². The zero-order valence-corrected chi connectivity index (χ0v) is 11.1. The fraction of sp³-hybridized carbons (Fsp3) is 0.294. The number of para-hydroxylation sites is 1. The molecule has 1 fully saturated rings. The van der Waals surface area contributed by atoms with Crippen LogP contribution < -0.4 is 10.6 Å². The molecule has 98 valence electrons. The molecule has 2 nitrogen and oxygen atoms in total. The molecule has 1 heterocycles. The van der Waals surface area contributed by atoms with Crippen molar-refractivity contribution in [2.45, 2.75) is 18.4 Å². The van der Waals surface area contributed by atoms with Gasteiger partial charge in [0, 0.05) is 5.69 Å². The standard InChI is InChI=1S/C17H20N2/c1-3-7-15(8-4-1)17(11-13-18-14-12-17)19-16-9-5-2-6-10-16/h1-10,18-19H,11-14H2. The zero-order valence-electron chi connectivity index (χ0n) is 11.1. The number of nitrogens with one attached hydrogen (secondary N) is 2. The Morgan fingerprint density at radius 2 is 1.37 bits per heavy atom. The summed E-state index contributed by atoms with van der Waals surface area (Å²) in [6.45, 7) is 2.13. The topological polar surface area (TPSA) is 24.1 Å². The average Bonchev–Trinajstić information content (AvgIpc) is 2.50. The highest BCUT2D eigenvalue weighted by Gasteiger charge is 2.33. The minimum atomic E-state index is 0.0634. The highest BCUT2D eigenvalue weighted by molar-refractivity contribution is 5.48. The molecule has 0 aliphatic carbocycles. The van der Waals surface area contributed by atoms with Crippen LogP contribution >= 0.6 is 0 Å². The predicted octanol–water partition coefficient (Wildman–Crippen LogP) is 3.38. The molecule has 2 heteroatoms. The second-order valence-corrected chi connectivity index (χ2v) is 5.19. The van der Waals surface area contributed by atoms with Crippen molar-refractivity contribution in [3.8, 4) is 0 Å². The van der Waals surface area contributed by atoms with Gasteiger partial charge in [-0.1, -0.05) is 48.5 Å². The number of piperidine rings is 1. The molecule has 2 aromatic carbocycles. The highest BCUT2D eigenvalue weighted by atomic mass is 15.0. The Morgan fingerprint density at radius 1 is 0.789 bits per heavy atom. The molecule has 2 N–H and O–H groups in total. The second kappa shape index (κ2) is 5.45. The molecule has 0 atom stereocenters. The van der Waals surface area contributed by atoms with E-state index < -0.39 is 0 Å². The van der Waals surface area contributed by atoms with Gasteiger partial charge in [-0.25, -0.2) is 0 Å². The summed E-state index contributed by atoms with van der Waals surface area (Å²) in [6.07, 6.45) is 2.23. The van der Waals surface area contributed by atoms with Gasteiger partial charge in [0.15, 0.2) is 0 Å². The van der Waals surface area contributed by atoms with E-state index in [0.717, 1.165) is 25.9 Å². The Hall–Kier alpha value is -1.80. The molecule has 0 saturated carbocycles. The first-order chi connectivity index (χ1) is 9.39. The van der Waals surface area contributed by atoms with Gasteiger partial charge in [0.1, 0.15) is 0 Å². The van der Waals surface area contributed by atoms with Crippen LogP contribution in [0.4, 0.5) is 5.69 Å². The maximum Gasteiger partial charge on any atom is 0.0649 e. The van der Waals surface area contributed by atoms with Gasteiger partial charge in [0.05, 0.1) is 5.54 Å². The molecular formula is C17H20N2. The van der Waals surface area contributed by atoms with Crippen molar-refractivity contribution < 1.29 is 0 Å². The third-order valence-electron chi connectivity index (χ3n) is 3.94. The van der Waals surface area contributed by atoms with E-state index in [2.05, 4.69) is 71.3 Å². The van der Waals surface area contributed by atoms with Crippen LogP contribution in [0.2, 0.25) is 0 Å². The van der Waals surface area contributed by atoms with E-state index in [1.807, 2.05) is 0 Å². The number of hydrogen-bond donors (Lipinski definition) is 2. The minimum Gasteiger partial charge on any atom is -0.375 e. The van der Waals surface area contributed by atoms with Crippen LogP contribution in [0.15, 0.2) is 60.7 Å². The summed E-state index contributed by atoms with van der Waals surface area (Å²) in [5.74, 6) is 0. The zero-order chi connectivity index (χ0) is 13.0. The maximum atomic E-state index is 3.77. The molecular weight excluding hydrogens is 232 g/mol. The van der Waals surface area contributed by atoms with Crippen molar-refractivity contribution in [3.05, 3.63) is 66.2 Å². The maximum absolute atomic E-state index is 3.77. The molecule has 0 spiro atoms. The Labute approximate surface area is 114 Å². The van der Waals surface area contributed by atoms with E-state index in [9.17, 15) is 0 Å². The summed E-state index contributed by atoms with van der Waals surface area (Å²) >= 11 is 0. The third kappa shape index (κ3) is 2.64. The molecule has 0 radical (unpaired) electrons. The van der Waals surface area contributed by atoms with Crippen molar-refractivity contribution >= 4 is 5.69 Å². The highest BCUT2D eigenvalue weighted by Crippen LogP contribution is 2.34. The van der Waals surface area contributed by atoms with Crippen LogP contribution in [0.1, 0.15) is 18.4 Å². The molecule has 0 bridgehead atoms. The van der Waals surface area contributed by atoms with Crippen LogP contribution in [-0.2, 0) is 5.54 Å². The fourth-order valence-electron chi connectivity index (χ4n) is 2.89. The number of rotatable bonds is 3. The molecule has 0 unspecified atom stereocenters. The van der Waals surface area contributed by atoms with Gasteiger partial charge in [0.2, 0.25) is 0 Å². The van der Waals surface area contributed by atoms with E-state index in [0.29, 0.717) is 0 Å². The second-order valence-electron chi connectivity index (χ2n) is 5.19. The van der Waals surface area contributed by atoms with Crippen LogP contribution in [0, 0.1) is 0 Å². The molecule has 1 saturated heterocycles. The molecule has 3 rings (SSSR count). The van der Waals surface area contributed by atoms with Gasteiger partial charge in [-0.05, 0) is 43.6 Å². The van der Waals surface area contributed by atoms with Crippen molar-refractivity contribution in [2.75, 3.05) is 18.4 Å². The van der Waals surface area contributed by atoms with Gasteiger partial charge in [-0.2, -0.15) is 0 Å². The smallest absolute Gasteiger partial charge is 0.0649 e. The number of anilines is 1. The molecule has 0 aromatic heterocycles. The number of hydrogen-bond acceptors (Lipinski definition) is 2. The summed E-state index contributed by atoms with van der Waals surface area (Å²) in [5, 5.41) is 7.23. The largest absolute Gasteiger partial charge is 0.375 e. The SMILES string of the molecule is c1ccc(NC2(c3ccccc3)CCNCC2)cc1. The minimum absolute atomic E-state index is 0.0634. The van der Waals surface area contributed by atoms with E-state index in [-0.39, 0.29) is 5.54 Å². The predicted molar refractivity (Wildman–Crippen MR) is 80.3 cm³/mol. The van der Waals surface area contributed by atoms with E-state index in [4.69, 9.17) is 0 Å². The van der Waals surface area contributed by atoms with Crippen molar-refractivity contribution in [2.24, 2.45) is 0 Å². The van der Waals surface area contributed by atoms with Crippen LogP contribution in [0.25, 0.3) is 0 Å². The van der Waals surface area contributed by atoms with Crippen LogP contribution in [0.5, 0.6) is 0 Å². The third-order valence-corrected chi connectivity index (χ3v) is 3.94. The van der Waals surface area contributed by atoms with Crippen molar-refractivity contribution in [3.63, 3.8) is 0 Å². The van der Waals surface area contributed by atoms with E-state index in [1.54, 1.807) is 0 Å². The number of benzene rings is 2. The fourth-order valence-corrected chi connectivity index (χ4v) is 2.89. The summed E-state index contributed by atoms with van der Waals surface area (Å²) in [6, 6.07) is 21.3. The lowest BCUT2D eigenvalue weighted by Gasteiger charge is -2.40. The lowest BCUT2D eigenvalue weighted by molar-refractivity contribution is 0.346. The molecule has 2 aromatic rings. The van der Waals surface area contributed by atoms with Gasteiger partial charge >= 0.3 is 0 Å². The average molecular weight is 252 g/mol. The first-order valence-electron chi connectivity index (χ1n) is 6.99. The van der Waals surface area contributed by atoms with Gasteiger partial charge < -0.3 is 10.6 Å². The molecule has 1 aliphatic rings. The summed E-state index contributed by atoms with van der Waals surface area (Å²) in [4.78, 5) is 0. The van der Waals surface area contributed by atoms with Crippen molar-refractivity contribution in [1.29, 1.82) is 0 Å². The van der Waals surface area contributed by atoms with Gasteiger partial charge in [-0.15, -0.1) is 0 Å². The first-order valence-corrected chi connectivity index (χ1v) is 6.99.